The molecule has 40 valence electrons. The molecule has 0 heterocycles. The van der Waals surface area contributed by atoms with Crippen LogP contribution in [0.3, 0.4) is 0 Å². The fourth-order valence-electron chi connectivity index (χ4n) is 0. The van der Waals surface area contributed by atoms with Crippen molar-refractivity contribution >= 4 is 21.6 Å². The van der Waals surface area contributed by atoms with Crippen LogP contribution in [0.25, 0.3) is 0 Å². The zero-order valence-corrected chi connectivity index (χ0v) is 6.31. The molecule has 8 heteroatoms. The van der Waals surface area contributed by atoms with Gasteiger partial charge in [0.25, 0.3) is 0 Å². The summed E-state index contributed by atoms with van der Waals surface area (Å²) in [4.78, 5) is 8.33. The van der Waals surface area contributed by atoms with E-state index in [0.717, 1.165) is 0 Å². The Morgan fingerprint density at radius 3 is 1.33 bits per heavy atom. The zero-order valence-electron chi connectivity index (χ0n) is 5.16. The molecule has 0 saturated heterocycles. The van der Waals surface area contributed by atoms with Crippen molar-refractivity contribution in [2.24, 2.45) is 0 Å². The Bertz CT molecular complexity index is 62.0. The molecule has 0 aliphatic heterocycles. The van der Waals surface area contributed by atoms with Crippen LogP contribution >= 0.6 is 0 Å². The van der Waals surface area contributed by atoms with Crippen LogP contribution in [0.2, 0.25) is 0 Å². The molecule has 0 rings (SSSR count). The van der Waals surface area contributed by atoms with E-state index in [0.29, 0.717) is 0 Å². The molecule has 0 aromatic rings. The molecule has 9 heavy (non-hydrogen) atoms. The van der Waals surface area contributed by atoms with E-state index in [-0.39, 0.29) is 37.7 Å². The predicted octanol–water partition coefficient (Wildman–Crippen LogP) is -9.50. The maximum absolute atomic E-state index is 8.57. The van der Waals surface area contributed by atoms with Crippen molar-refractivity contribution in [2.75, 3.05) is 0 Å². The number of rotatable bonds is 0. The van der Waals surface area contributed by atoms with Crippen LogP contribution in [0.15, 0.2) is 0 Å². The Morgan fingerprint density at radius 1 is 1.33 bits per heavy atom. The average molecular weight is 134 g/mol. The quantitative estimate of drug-likeness (QED) is 0.331. The second kappa shape index (κ2) is 23.5. The van der Waals surface area contributed by atoms with Crippen LogP contribution in [0.1, 0.15) is 0 Å². The van der Waals surface area contributed by atoms with E-state index >= 15 is 0 Å². The number of carboxylic acid groups (broad SMARTS) is 2. The first-order chi connectivity index (χ1) is 3.15. The van der Waals surface area contributed by atoms with Crippen molar-refractivity contribution in [3.05, 3.63) is 0 Å². The molecule has 5 nitrogen and oxygen atoms in total. The molecule has 0 atom stereocenters. The number of carbonyl (C=O) groups is 1. The average Bonchev–Trinajstić information content (AvgIpc) is 1.33. The van der Waals surface area contributed by atoms with E-state index in [4.69, 9.17) is 23.0 Å². The van der Waals surface area contributed by atoms with E-state index in [1.807, 2.05) is 0 Å². The molecule has 0 spiro atoms. The van der Waals surface area contributed by atoms with Gasteiger partial charge in [-0.2, -0.15) is 0 Å². The summed E-state index contributed by atoms with van der Waals surface area (Å²) in [7, 11) is 0. The van der Waals surface area contributed by atoms with Crippen LogP contribution in [0, 0.1) is 0 Å². The van der Waals surface area contributed by atoms with Crippen LogP contribution in [-0.4, -0.2) is 25.8 Å². The van der Waals surface area contributed by atoms with Gasteiger partial charge in [0.2, 0.25) is 0 Å². The summed E-state index contributed by atoms with van der Waals surface area (Å²) in [5.41, 5.74) is 0. The van der Waals surface area contributed by atoms with Gasteiger partial charge in [0.05, 0.1) is 0 Å². The molecule has 0 fully saturated rings. The normalized spacial score (nSPS) is 3.56. The fourth-order valence-corrected chi connectivity index (χ4v) is 0. The third-order valence-electron chi connectivity index (χ3n) is 0. The number of carbonyl (C=O) groups excluding carboxylic acids is 1. The van der Waals surface area contributed by atoms with Crippen LogP contribution in [0.4, 0.5) is 4.79 Å². The standard InChI is InChI=1S/CH2O3.Al.2Li.H2O.O/c2-1(3)4;;;;;/h(H2,2,3,4);;;;1H2;/q;3*+1;;/p-3. The Kier molecular flexibility index (Phi) is 59.1. The van der Waals surface area contributed by atoms with Crippen molar-refractivity contribution in [2.45, 2.75) is 0 Å². The van der Waals surface area contributed by atoms with Crippen molar-refractivity contribution in [1.29, 1.82) is 0 Å². The molecule has 0 aliphatic rings. The first kappa shape index (κ1) is 22.6. The summed E-state index contributed by atoms with van der Waals surface area (Å²) in [6.45, 7) is 0. The Balaban J connectivity index is -0.0000000233. The number of hydrogen-bond acceptors (Lipinski definition) is 4. The van der Waals surface area contributed by atoms with Gasteiger partial charge < -0.3 is 15.0 Å². The van der Waals surface area contributed by atoms with Gasteiger partial charge in [0, 0.05) is 0 Å². The van der Waals surface area contributed by atoms with Crippen LogP contribution in [0.5, 0.6) is 0 Å². The second-order valence-corrected chi connectivity index (χ2v) is 0.566. The van der Waals surface area contributed by atoms with Gasteiger partial charge in [0.15, 0.2) is 0 Å². The molecule has 0 aromatic carbocycles. The molecule has 0 saturated carbocycles. The predicted molar refractivity (Wildman–Crippen MR) is 14.1 cm³/mol. The molecule has 0 aromatic heterocycles. The summed E-state index contributed by atoms with van der Waals surface area (Å²) in [5, 5.41) is 16.7. The Morgan fingerprint density at radius 2 is 1.33 bits per heavy atom. The van der Waals surface area contributed by atoms with Crippen molar-refractivity contribution in [3.63, 3.8) is 0 Å². The molecular formula is CHAlLi2O5. The molecule has 0 amide bonds. The van der Waals surface area contributed by atoms with Gasteiger partial charge in [0.1, 0.15) is 0 Å². The Hall–Kier alpha value is 0.597. The first-order valence-corrected chi connectivity index (χ1v) is 2.09. The molecule has 0 unspecified atom stereocenters. The monoisotopic (exact) mass is 134 g/mol. The van der Waals surface area contributed by atoms with E-state index in [9.17, 15) is 0 Å². The van der Waals surface area contributed by atoms with E-state index < -0.39 is 21.6 Å². The topological polar surface area (TPSA) is 100 Å². The van der Waals surface area contributed by atoms with Gasteiger partial charge in [-0.15, -0.1) is 0 Å². The zero-order chi connectivity index (χ0) is 6.28. The third-order valence-corrected chi connectivity index (χ3v) is 0. The van der Waals surface area contributed by atoms with Gasteiger partial charge in [-0.05, 0) is 6.16 Å². The van der Waals surface area contributed by atoms with Gasteiger partial charge in [-0.25, -0.2) is 0 Å². The molecule has 0 radical (unpaired) electrons. The van der Waals surface area contributed by atoms with Crippen molar-refractivity contribution < 1.29 is 60.7 Å². The minimum atomic E-state index is -2.33. The second-order valence-electron chi connectivity index (χ2n) is 0.355. The van der Waals surface area contributed by atoms with Gasteiger partial charge in [-0.3, -0.25) is 0 Å². The van der Waals surface area contributed by atoms with Crippen LogP contribution < -0.4 is 47.9 Å². The minimum absolute atomic E-state index is 0. The van der Waals surface area contributed by atoms with Crippen molar-refractivity contribution in [3.8, 4) is 0 Å². The summed E-state index contributed by atoms with van der Waals surface area (Å²) in [6.07, 6.45) is -2.33. The third kappa shape index (κ3) is 1050. The van der Waals surface area contributed by atoms with Crippen LogP contribution in [-0.2, 0) is 3.80 Å². The molecular weight excluding hydrogens is 133 g/mol. The summed E-state index contributed by atoms with van der Waals surface area (Å²) < 4.78 is 15.7. The molecule has 1 N–H and O–H groups in total. The SMILES string of the molecule is O=C([O-])[O-].[Li+].[Li+].[O]=[Al][OH]. The first-order valence-electron chi connectivity index (χ1n) is 1.11. The van der Waals surface area contributed by atoms with E-state index in [1.165, 1.54) is 0 Å². The van der Waals surface area contributed by atoms with Crippen molar-refractivity contribution in [1.82, 2.24) is 0 Å². The summed E-state index contributed by atoms with van der Waals surface area (Å²) in [5.74, 6) is 0. The van der Waals surface area contributed by atoms with E-state index in [1.54, 1.807) is 0 Å². The van der Waals surface area contributed by atoms with Gasteiger partial charge in [-0.1, -0.05) is 0 Å². The van der Waals surface area contributed by atoms with E-state index in [2.05, 4.69) is 0 Å². The van der Waals surface area contributed by atoms with Gasteiger partial charge >= 0.3 is 61.2 Å². The Labute approximate surface area is 82.1 Å². The molecule has 0 aliphatic carbocycles. The number of hydrogen-bond donors (Lipinski definition) is 1. The molecule has 0 bridgehead atoms. The summed E-state index contributed by atoms with van der Waals surface area (Å²) in [6, 6.07) is 0. The fraction of sp³-hybridized carbons (Fsp3) is 0. The summed E-state index contributed by atoms with van der Waals surface area (Å²) >= 11 is -1.50. The maximum atomic E-state index is 8.57.